The molecular weight excluding hydrogens is 200 g/mol. The highest BCUT2D eigenvalue weighted by Crippen LogP contribution is 2.35. The highest BCUT2D eigenvalue weighted by atomic mass is 16.3. The molecule has 1 aliphatic carbocycles. The van der Waals surface area contributed by atoms with Gasteiger partial charge < -0.3 is 9.90 Å². The third kappa shape index (κ3) is 4.48. The number of carbonyl (C=O) groups excluding carboxylic acids is 1. The van der Waals surface area contributed by atoms with Crippen LogP contribution in [0.15, 0.2) is 11.1 Å². The summed E-state index contributed by atoms with van der Waals surface area (Å²) in [6.45, 7) is 5.94. The van der Waals surface area contributed by atoms with Gasteiger partial charge in [0.2, 0.25) is 0 Å². The molecule has 0 amide bonds. The van der Waals surface area contributed by atoms with Crippen molar-refractivity contribution in [2.45, 2.75) is 64.9 Å². The SMILES string of the molecule is CC1=C(CCC=O)CCC(CC(C)(C)O)C1. The molecule has 0 aliphatic heterocycles. The van der Waals surface area contributed by atoms with Crippen LogP contribution < -0.4 is 0 Å². The van der Waals surface area contributed by atoms with E-state index in [4.69, 9.17) is 0 Å². The van der Waals surface area contributed by atoms with Crippen molar-refractivity contribution in [3.63, 3.8) is 0 Å². The van der Waals surface area contributed by atoms with Crippen LogP contribution in [0, 0.1) is 5.92 Å². The lowest BCUT2D eigenvalue weighted by Gasteiger charge is -2.30. The van der Waals surface area contributed by atoms with E-state index in [0.29, 0.717) is 12.3 Å². The summed E-state index contributed by atoms with van der Waals surface area (Å²) in [6.07, 6.45) is 6.84. The lowest BCUT2D eigenvalue weighted by molar-refractivity contribution is -0.107. The predicted octanol–water partition coefficient (Wildman–Crippen LogP) is 3.24. The Morgan fingerprint density at radius 2 is 2.19 bits per heavy atom. The Bertz CT molecular complexity index is 271. The third-order valence-corrected chi connectivity index (χ3v) is 3.40. The van der Waals surface area contributed by atoms with Crippen molar-refractivity contribution in [2.24, 2.45) is 5.92 Å². The Labute approximate surface area is 98.7 Å². The van der Waals surface area contributed by atoms with Crippen LogP contribution in [0.25, 0.3) is 0 Å². The minimum absolute atomic E-state index is 0.550. The quantitative estimate of drug-likeness (QED) is 0.575. The molecule has 0 spiro atoms. The molecule has 0 aromatic carbocycles. The molecule has 0 bridgehead atoms. The van der Waals surface area contributed by atoms with Gasteiger partial charge in [0.25, 0.3) is 0 Å². The van der Waals surface area contributed by atoms with Crippen LogP contribution >= 0.6 is 0 Å². The molecule has 0 radical (unpaired) electrons. The highest BCUT2D eigenvalue weighted by molar-refractivity contribution is 5.50. The zero-order valence-electron chi connectivity index (χ0n) is 10.8. The maximum Gasteiger partial charge on any atom is 0.120 e. The number of hydrogen-bond acceptors (Lipinski definition) is 2. The van der Waals surface area contributed by atoms with E-state index >= 15 is 0 Å². The molecule has 0 aromatic heterocycles. The summed E-state index contributed by atoms with van der Waals surface area (Å²) in [5.41, 5.74) is 2.37. The molecule has 0 aromatic rings. The van der Waals surface area contributed by atoms with Crippen molar-refractivity contribution < 1.29 is 9.90 Å². The fourth-order valence-corrected chi connectivity index (χ4v) is 2.72. The molecule has 1 N–H and O–H groups in total. The Morgan fingerprint density at radius 3 is 2.69 bits per heavy atom. The molecule has 0 heterocycles. The third-order valence-electron chi connectivity index (χ3n) is 3.40. The summed E-state index contributed by atoms with van der Waals surface area (Å²) in [7, 11) is 0. The van der Waals surface area contributed by atoms with Crippen LogP contribution in [0.4, 0.5) is 0 Å². The predicted molar refractivity (Wildman–Crippen MR) is 66.3 cm³/mol. The van der Waals surface area contributed by atoms with Gasteiger partial charge in [-0.25, -0.2) is 0 Å². The fraction of sp³-hybridized carbons (Fsp3) is 0.786. The average molecular weight is 224 g/mol. The molecule has 16 heavy (non-hydrogen) atoms. The van der Waals surface area contributed by atoms with Crippen molar-refractivity contribution in [3.05, 3.63) is 11.1 Å². The number of hydrogen-bond donors (Lipinski definition) is 1. The highest BCUT2D eigenvalue weighted by Gasteiger charge is 2.24. The zero-order valence-corrected chi connectivity index (χ0v) is 10.8. The van der Waals surface area contributed by atoms with Gasteiger partial charge in [0.1, 0.15) is 6.29 Å². The van der Waals surface area contributed by atoms with Crippen molar-refractivity contribution >= 4 is 6.29 Å². The first-order valence-electron chi connectivity index (χ1n) is 6.26. The van der Waals surface area contributed by atoms with Crippen LogP contribution in [0.2, 0.25) is 0 Å². The second-order valence-corrected chi connectivity index (χ2v) is 5.71. The summed E-state index contributed by atoms with van der Waals surface area (Å²) in [5, 5.41) is 9.80. The molecule has 1 aliphatic rings. The molecule has 1 atom stereocenters. The van der Waals surface area contributed by atoms with Gasteiger partial charge in [-0.3, -0.25) is 0 Å². The first-order valence-corrected chi connectivity index (χ1v) is 6.26. The number of allylic oxidation sites excluding steroid dienone is 2. The van der Waals surface area contributed by atoms with Gasteiger partial charge in [0, 0.05) is 6.42 Å². The van der Waals surface area contributed by atoms with E-state index in [0.717, 1.165) is 38.4 Å². The average Bonchev–Trinajstić information content (AvgIpc) is 2.14. The van der Waals surface area contributed by atoms with E-state index in [-0.39, 0.29) is 0 Å². The smallest absolute Gasteiger partial charge is 0.120 e. The van der Waals surface area contributed by atoms with E-state index in [1.165, 1.54) is 11.1 Å². The largest absolute Gasteiger partial charge is 0.390 e. The van der Waals surface area contributed by atoms with Crippen LogP contribution in [0.1, 0.15) is 59.3 Å². The Morgan fingerprint density at radius 1 is 1.50 bits per heavy atom. The van der Waals surface area contributed by atoms with Crippen LogP contribution in [0.5, 0.6) is 0 Å². The van der Waals surface area contributed by atoms with Gasteiger partial charge in [0.15, 0.2) is 0 Å². The van der Waals surface area contributed by atoms with E-state index < -0.39 is 5.60 Å². The first-order chi connectivity index (χ1) is 7.42. The minimum atomic E-state index is -0.550. The van der Waals surface area contributed by atoms with Crippen molar-refractivity contribution in [2.75, 3.05) is 0 Å². The fourth-order valence-electron chi connectivity index (χ4n) is 2.72. The maximum atomic E-state index is 10.4. The van der Waals surface area contributed by atoms with Gasteiger partial charge in [-0.05, 0) is 58.8 Å². The van der Waals surface area contributed by atoms with Gasteiger partial charge in [-0.15, -0.1) is 0 Å². The summed E-state index contributed by atoms with van der Waals surface area (Å²) < 4.78 is 0. The van der Waals surface area contributed by atoms with E-state index in [1.807, 2.05) is 13.8 Å². The van der Waals surface area contributed by atoms with Crippen molar-refractivity contribution in [3.8, 4) is 0 Å². The molecule has 1 unspecified atom stereocenters. The van der Waals surface area contributed by atoms with E-state index in [1.54, 1.807) is 0 Å². The molecule has 2 heteroatoms. The second kappa shape index (κ2) is 5.62. The Hall–Kier alpha value is -0.630. The number of carbonyl (C=O) groups is 1. The summed E-state index contributed by atoms with van der Waals surface area (Å²) in [5.74, 6) is 0.611. The van der Waals surface area contributed by atoms with Crippen LogP contribution in [-0.2, 0) is 4.79 Å². The van der Waals surface area contributed by atoms with Gasteiger partial charge in [-0.1, -0.05) is 11.1 Å². The molecular formula is C14H24O2. The lowest BCUT2D eigenvalue weighted by Crippen LogP contribution is -2.25. The topological polar surface area (TPSA) is 37.3 Å². The summed E-state index contributed by atoms with van der Waals surface area (Å²) >= 11 is 0. The first kappa shape index (κ1) is 13.4. The molecule has 92 valence electrons. The number of aliphatic hydroxyl groups is 1. The second-order valence-electron chi connectivity index (χ2n) is 5.71. The van der Waals surface area contributed by atoms with Crippen molar-refractivity contribution in [1.82, 2.24) is 0 Å². The van der Waals surface area contributed by atoms with Crippen LogP contribution in [-0.4, -0.2) is 17.0 Å². The van der Waals surface area contributed by atoms with Gasteiger partial charge >= 0.3 is 0 Å². The lowest BCUT2D eigenvalue weighted by atomic mass is 9.78. The Kier molecular flexibility index (Phi) is 4.72. The number of aldehydes is 1. The molecule has 0 saturated heterocycles. The van der Waals surface area contributed by atoms with E-state index in [2.05, 4.69) is 6.92 Å². The minimum Gasteiger partial charge on any atom is -0.390 e. The molecule has 0 saturated carbocycles. The molecule has 1 rings (SSSR count). The zero-order chi connectivity index (χ0) is 12.2. The van der Waals surface area contributed by atoms with Gasteiger partial charge in [-0.2, -0.15) is 0 Å². The van der Waals surface area contributed by atoms with E-state index in [9.17, 15) is 9.90 Å². The molecule has 2 nitrogen and oxygen atoms in total. The van der Waals surface area contributed by atoms with Crippen LogP contribution in [0.3, 0.4) is 0 Å². The normalized spacial score (nSPS) is 22.4. The maximum absolute atomic E-state index is 10.4. The van der Waals surface area contributed by atoms with Crippen molar-refractivity contribution in [1.29, 1.82) is 0 Å². The summed E-state index contributed by atoms with van der Waals surface area (Å²) in [6, 6.07) is 0. The number of rotatable bonds is 5. The van der Waals surface area contributed by atoms with Gasteiger partial charge in [0.05, 0.1) is 5.60 Å². The summed E-state index contributed by atoms with van der Waals surface area (Å²) in [4.78, 5) is 10.4. The Balaban J connectivity index is 2.50. The molecule has 0 fully saturated rings. The monoisotopic (exact) mass is 224 g/mol. The standard InChI is InChI=1S/C14H24O2/c1-11-9-12(10-14(2,3)16)6-7-13(11)5-4-8-15/h8,12,16H,4-7,9-10H2,1-3H3.